The molecule has 1 fully saturated rings. The van der Waals surface area contributed by atoms with Gasteiger partial charge in [0.05, 0.1) is 6.61 Å². The van der Waals surface area contributed by atoms with E-state index in [1.165, 1.54) is 18.4 Å². The third-order valence-electron chi connectivity index (χ3n) is 4.46. The third kappa shape index (κ3) is 4.20. The minimum atomic E-state index is 0.0811. The average Bonchev–Trinajstić information content (AvgIpc) is 2.64. The molecule has 3 rings (SSSR count). The van der Waals surface area contributed by atoms with E-state index in [1.54, 1.807) is 18.3 Å². The Labute approximate surface area is 143 Å². The number of aromatic nitrogens is 1. The molecule has 1 aliphatic heterocycles. The van der Waals surface area contributed by atoms with Gasteiger partial charge in [-0.15, -0.1) is 0 Å². The van der Waals surface area contributed by atoms with Gasteiger partial charge in [-0.3, -0.25) is 4.79 Å². The summed E-state index contributed by atoms with van der Waals surface area (Å²) >= 11 is 0. The maximum Gasteiger partial charge on any atom is 0.213 e. The van der Waals surface area contributed by atoms with E-state index in [9.17, 15) is 4.79 Å². The lowest BCUT2D eigenvalue weighted by atomic mass is 9.90. The van der Waals surface area contributed by atoms with Gasteiger partial charge in [0.25, 0.3) is 0 Å². The van der Waals surface area contributed by atoms with Crippen LogP contribution in [0.25, 0.3) is 0 Å². The van der Waals surface area contributed by atoms with Gasteiger partial charge in [0.1, 0.15) is 0 Å². The molecule has 4 nitrogen and oxygen atoms in total. The molecule has 1 atom stereocenters. The molecule has 1 aliphatic rings. The minimum Gasteiger partial charge on any atom is -0.478 e. The van der Waals surface area contributed by atoms with E-state index < -0.39 is 0 Å². The highest BCUT2D eigenvalue weighted by molar-refractivity contribution is 5.97. The molecule has 0 saturated carbocycles. The Kier molecular flexibility index (Phi) is 5.59. The van der Waals surface area contributed by atoms with Crippen molar-refractivity contribution in [2.45, 2.75) is 32.1 Å². The van der Waals surface area contributed by atoms with Crippen LogP contribution in [0.5, 0.6) is 5.88 Å². The monoisotopic (exact) mass is 324 g/mol. The fourth-order valence-electron chi connectivity index (χ4n) is 3.11. The number of ether oxygens (including phenoxy) is 1. The highest BCUT2D eigenvalue weighted by Crippen LogP contribution is 2.23. The second kappa shape index (κ2) is 8.06. The summed E-state index contributed by atoms with van der Waals surface area (Å²) in [6, 6.07) is 12.0. The number of rotatable bonds is 6. The molecule has 2 heterocycles. The average molecular weight is 324 g/mol. The maximum atomic E-state index is 12.4. The summed E-state index contributed by atoms with van der Waals surface area (Å²) in [5.74, 6) is 1.23. The summed E-state index contributed by atoms with van der Waals surface area (Å²) in [5, 5.41) is 3.44. The second-order valence-corrected chi connectivity index (χ2v) is 6.20. The van der Waals surface area contributed by atoms with E-state index in [0.29, 0.717) is 30.4 Å². The fraction of sp³-hybridized carbons (Fsp3) is 0.400. The van der Waals surface area contributed by atoms with E-state index in [0.717, 1.165) is 18.7 Å². The Morgan fingerprint density at radius 1 is 1.25 bits per heavy atom. The number of hydrogen-bond acceptors (Lipinski definition) is 4. The van der Waals surface area contributed by atoms with Crippen molar-refractivity contribution in [3.8, 4) is 5.88 Å². The zero-order valence-corrected chi connectivity index (χ0v) is 14.1. The van der Waals surface area contributed by atoms with Crippen molar-refractivity contribution in [2.24, 2.45) is 0 Å². The molecule has 126 valence electrons. The SMILES string of the molecule is CCOc1ccc(C(=O)Cc2ccc([C@@H]3CCCNC3)cc2)cn1. The van der Waals surface area contributed by atoms with E-state index in [2.05, 4.69) is 34.6 Å². The molecule has 0 amide bonds. The highest BCUT2D eigenvalue weighted by atomic mass is 16.5. The van der Waals surface area contributed by atoms with Crippen LogP contribution in [-0.2, 0) is 6.42 Å². The second-order valence-electron chi connectivity index (χ2n) is 6.20. The van der Waals surface area contributed by atoms with Crippen LogP contribution in [0.1, 0.15) is 47.2 Å². The van der Waals surface area contributed by atoms with Crippen LogP contribution in [0.4, 0.5) is 0 Å². The normalized spacial score (nSPS) is 17.5. The van der Waals surface area contributed by atoms with Crippen molar-refractivity contribution in [1.29, 1.82) is 0 Å². The van der Waals surface area contributed by atoms with Crippen molar-refractivity contribution in [3.63, 3.8) is 0 Å². The van der Waals surface area contributed by atoms with Crippen molar-refractivity contribution in [2.75, 3.05) is 19.7 Å². The summed E-state index contributed by atoms with van der Waals surface area (Å²) in [7, 11) is 0. The number of nitrogens with zero attached hydrogens (tertiary/aromatic N) is 1. The number of pyridine rings is 1. The summed E-state index contributed by atoms with van der Waals surface area (Å²) in [5.41, 5.74) is 3.03. The van der Waals surface area contributed by atoms with Crippen molar-refractivity contribution in [3.05, 3.63) is 59.3 Å². The molecular weight excluding hydrogens is 300 g/mol. The van der Waals surface area contributed by atoms with E-state index >= 15 is 0 Å². The number of carbonyl (C=O) groups is 1. The molecular formula is C20H24N2O2. The number of piperidine rings is 1. The Balaban J connectivity index is 1.61. The molecule has 1 aromatic heterocycles. The van der Waals surface area contributed by atoms with Crippen LogP contribution >= 0.6 is 0 Å². The first-order chi connectivity index (χ1) is 11.8. The summed E-state index contributed by atoms with van der Waals surface area (Å²) < 4.78 is 5.30. The quantitative estimate of drug-likeness (QED) is 0.828. The molecule has 24 heavy (non-hydrogen) atoms. The molecule has 1 saturated heterocycles. The van der Waals surface area contributed by atoms with Crippen LogP contribution in [0, 0.1) is 0 Å². The molecule has 1 aromatic carbocycles. The first-order valence-corrected chi connectivity index (χ1v) is 8.68. The molecule has 0 bridgehead atoms. The standard InChI is InChI=1S/C20H24N2O2/c1-2-24-20-10-9-18(14-22-20)19(23)12-15-5-7-16(8-6-15)17-4-3-11-21-13-17/h5-10,14,17,21H,2-4,11-13H2,1H3/t17-/m1/s1. The lowest BCUT2D eigenvalue weighted by molar-refractivity contribution is 0.0992. The first kappa shape index (κ1) is 16.7. The van der Waals surface area contributed by atoms with Crippen LogP contribution in [0.15, 0.2) is 42.6 Å². The third-order valence-corrected chi connectivity index (χ3v) is 4.46. The lowest BCUT2D eigenvalue weighted by Gasteiger charge is -2.23. The lowest BCUT2D eigenvalue weighted by Crippen LogP contribution is -2.28. The number of nitrogens with one attached hydrogen (secondary N) is 1. The van der Waals surface area contributed by atoms with Crippen LogP contribution in [0.2, 0.25) is 0 Å². The molecule has 1 N–H and O–H groups in total. The molecule has 0 radical (unpaired) electrons. The van der Waals surface area contributed by atoms with Crippen molar-refractivity contribution in [1.82, 2.24) is 10.3 Å². The van der Waals surface area contributed by atoms with Gasteiger partial charge < -0.3 is 10.1 Å². The summed E-state index contributed by atoms with van der Waals surface area (Å²) in [4.78, 5) is 16.5. The molecule has 0 unspecified atom stereocenters. The first-order valence-electron chi connectivity index (χ1n) is 8.68. The van der Waals surface area contributed by atoms with Gasteiger partial charge in [-0.2, -0.15) is 0 Å². The Hall–Kier alpha value is -2.20. The smallest absolute Gasteiger partial charge is 0.213 e. The van der Waals surface area contributed by atoms with Gasteiger partial charge in [-0.1, -0.05) is 24.3 Å². The minimum absolute atomic E-state index is 0.0811. The molecule has 0 spiro atoms. The van der Waals surface area contributed by atoms with Gasteiger partial charge in [-0.05, 0) is 49.4 Å². The van der Waals surface area contributed by atoms with Gasteiger partial charge in [0.15, 0.2) is 5.78 Å². The van der Waals surface area contributed by atoms with Gasteiger partial charge in [0, 0.05) is 30.8 Å². The van der Waals surface area contributed by atoms with Crippen LogP contribution < -0.4 is 10.1 Å². The molecule has 4 heteroatoms. The number of Topliss-reactive ketones (excluding diaryl/α,β-unsaturated/α-hetero) is 1. The van der Waals surface area contributed by atoms with E-state index in [-0.39, 0.29) is 5.78 Å². The zero-order valence-electron chi connectivity index (χ0n) is 14.1. The number of carbonyl (C=O) groups excluding carboxylic acids is 1. The van der Waals surface area contributed by atoms with Crippen LogP contribution in [0.3, 0.4) is 0 Å². The zero-order chi connectivity index (χ0) is 16.8. The van der Waals surface area contributed by atoms with E-state index in [4.69, 9.17) is 4.74 Å². The molecule has 0 aliphatic carbocycles. The topological polar surface area (TPSA) is 51.2 Å². The fourth-order valence-corrected chi connectivity index (χ4v) is 3.11. The summed E-state index contributed by atoms with van der Waals surface area (Å²) in [6.07, 6.45) is 4.47. The number of hydrogen-bond donors (Lipinski definition) is 1. The van der Waals surface area contributed by atoms with Gasteiger partial charge >= 0.3 is 0 Å². The van der Waals surface area contributed by atoms with Gasteiger partial charge in [-0.25, -0.2) is 4.98 Å². The van der Waals surface area contributed by atoms with Crippen molar-refractivity contribution >= 4 is 5.78 Å². The Morgan fingerprint density at radius 2 is 2.08 bits per heavy atom. The van der Waals surface area contributed by atoms with Crippen molar-refractivity contribution < 1.29 is 9.53 Å². The molecule has 2 aromatic rings. The van der Waals surface area contributed by atoms with Gasteiger partial charge in [0.2, 0.25) is 5.88 Å². The van der Waals surface area contributed by atoms with E-state index in [1.807, 2.05) is 6.92 Å². The maximum absolute atomic E-state index is 12.4. The Bertz CT molecular complexity index is 659. The largest absolute Gasteiger partial charge is 0.478 e. The number of ketones is 1. The Morgan fingerprint density at radius 3 is 2.71 bits per heavy atom. The summed E-state index contributed by atoms with van der Waals surface area (Å²) in [6.45, 7) is 4.66. The predicted molar refractivity (Wildman–Crippen MR) is 94.7 cm³/mol. The highest BCUT2D eigenvalue weighted by Gasteiger charge is 2.15. The predicted octanol–water partition coefficient (Wildman–Crippen LogP) is 3.37. The van der Waals surface area contributed by atoms with Crippen LogP contribution in [-0.4, -0.2) is 30.5 Å². The number of benzene rings is 1.